The van der Waals surface area contributed by atoms with Gasteiger partial charge in [0.1, 0.15) is 5.82 Å². The van der Waals surface area contributed by atoms with Crippen molar-refractivity contribution in [2.24, 2.45) is 5.92 Å². The molecule has 0 amide bonds. The van der Waals surface area contributed by atoms with Crippen LogP contribution in [0, 0.1) is 11.7 Å². The van der Waals surface area contributed by atoms with Crippen molar-refractivity contribution in [2.45, 2.75) is 97.2 Å². The van der Waals surface area contributed by atoms with Crippen LogP contribution in [-0.4, -0.2) is 6.10 Å². The second-order valence-corrected chi connectivity index (χ2v) is 7.80. The fourth-order valence-electron chi connectivity index (χ4n) is 3.77. The van der Waals surface area contributed by atoms with Gasteiger partial charge in [-0.25, -0.2) is 4.39 Å². The van der Waals surface area contributed by atoms with Crippen molar-refractivity contribution in [1.82, 2.24) is 0 Å². The second kappa shape index (κ2) is 12.3. The van der Waals surface area contributed by atoms with Crippen LogP contribution < -0.4 is 0 Å². The van der Waals surface area contributed by atoms with Crippen molar-refractivity contribution in [3.63, 3.8) is 0 Å². The van der Waals surface area contributed by atoms with Crippen LogP contribution in [0.1, 0.15) is 89.2 Å². The summed E-state index contributed by atoms with van der Waals surface area (Å²) in [7, 11) is 0. The molecule has 2 unspecified atom stereocenters. The van der Waals surface area contributed by atoms with Crippen molar-refractivity contribution in [3.05, 3.63) is 47.3 Å². The highest BCUT2D eigenvalue weighted by molar-refractivity contribution is 5.24. The number of hydrogen-bond acceptors (Lipinski definition) is 1. The van der Waals surface area contributed by atoms with Gasteiger partial charge in [-0.15, -0.1) is 0 Å². The molecule has 1 aromatic carbocycles. The van der Waals surface area contributed by atoms with E-state index in [1.54, 1.807) is 6.07 Å². The van der Waals surface area contributed by atoms with E-state index in [2.05, 4.69) is 26.0 Å². The fourth-order valence-corrected chi connectivity index (χ4v) is 3.77. The maximum Gasteiger partial charge on any atom is 0.126 e. The van der Waals surface area contributed by atoms with Crippen LogP contribution in [0.3, 0.4) is 0 Å². The number of aryl methyl sites for hydroxylation is 1. The summed E-state index contributed by atoms with van der Waals surface area (Å²) in [5, 5.41) is 0. The average molecular weight is 361 g/mol. The Balaban J connectivity index is 1.65. The highest BCUT2D eigenvalue weighted by Gasteiger charge is 2.16. The minimum absolute atomic E-state index is 0.0915. The Morgan fingerprint density at radius 3 is 2.46 bits per heavy atom. The van der Waals surface area contributed by atoms with Gasteiger partial charge in [0, 0.05) is 0 Å². The lowest BCUT2D eigenvalue weighted by molar-refractivity contribution is 0.0583. The summed E-state index contributed by atoms with van der Waals surface area (Å²) in [4.78, 5) is 0. The number of unbranched alkanes of at least 4 members (excludes halogenated alkanes) is 5. The third-order valence-electron chi connectivity index (χ3n) is 5.45. The van der Waals surface area contributed by atoms with E-state index in [1.807, 2.05) is 12.1 Å². The monoisotopic (exact) mass is 360 g/mol. The molecule has 0 N–H and O–H groups in total. The standard InChI is InChI=1S/C24H37FO/c1-3-5-6-7-8-9-11-20-13-16-23(17-14-20)26-19-21-12-15-22(10-4-2)24(25)18-21/h12-13,15-16,18,20,23H,3-11,14,17,19H2,1-2H3. The highest BCUT2D eigenvalue weighted by atomic mass is 19.1. The van der Waals surface area contributed by atoms with Gasteiger partial charge in [0.25, 0.3) is 0 Å². The molecule has 1 aliphatic rings. The lowest BCUT2D eigenvalue weighted by Crippen LogP contribution is -2.16. The molecule has 0 heterocycles. The third-order valence-corrected chi connectivity index (χ3v) is 5.45. The van der Waals surface area contributed by atoms with Gasteiger partial charge in [0.15, 0.2) is 0 Å². The molecule has 0 bridgehead atoms. The summed E-state index contributed by atoms with van der Waals surface area (Å²) in [5.41, 5.74) is 1.75. The quantitative estimate of drug-likeness (QED) is 0.279. The maximum atomic E-state index is 14.0. The number of halogens is 1. The Morgan fingerprint density at radius 1 is 0.962 bits per heavy atom. The SMILES string of the molecule is CCCCCCCCC1C=CC(OCc2ccc(CCC)c(F)c2)CC1. The molecule has 1 aliphatic carbocycles. The molecule has 0 fully saturated rings. The van der Waals surface area contributed by atoms with Crippen molar-refractivity contribution in [1.29, 1.82) is 0 Å². The first-order valence-corrected chi connectivity index (χ1v) is 10.8. The van der Waals surface area contributed by atoms with Crippen molar-refractivity contribution >= 4 is 0 Å². The predicted molar refractivity (Wildman–Crippen MR) is 109 cm³/mol. The fraction of sp³-hybridized carbons (Fsp3) is 0.667. The van der Waals surface area contributed by atoms with Gasteiger partial charge in [-0.05, 0) is 48.8 Å². The minimum Gasteiger partial charge on any atom is -0.369 e. The average Bonchev–Trinajstić information content (AvgIpc) is 2.66. The van der Waals surface area contributed by atoms with Crippen LogP contribution >= 0.6 is 0 Å². The molecule has 2 rings (SSSR count). The Bertz CT molecular complexity index is 537. The van der Waals surface area contributed by atoms with Crippen LogP contribution in [0.15, 0.2) is 30.4 Å². The lowest BCUT2D eigenvalue weighted by Gasteiger charge is -2.23. The van der Waals surface area contributed by atoms with Crippen molar-refractivity contribution in [2.75, 3.05) is 0 Å². The van der Waals surface area contributed by atoms with E-state index in [0.29, 0.717) is 6.61 Å². The highest BCUT2D eigenvalue weighted by Crippen LogP contribution is 2.25. The Labute approximate surface area is 160 Å². The van der Waals surface area contributed by atoms with Gasteiger partial charge in [-0.2, -0.15) is 0 Å². The number of benzene rings is 1. The van der Waals surface area contributed by atoms with Gasteiger partial charge in [-0.3, -0.25) is 0 Å². The molecule has 2 heteroatoms. The number of hydrogen-bond donors (Lipinski definition) is 0. The van der Waals surface area contributed by atoms with Gasteiger partial charge in [0.2, 0.25) is 0 Å². The Morgan fingerprint density at radius 2 is 1.77 bits per heavy atom. The molecule has 2 atom stereocenters. The first-order chi connectivity index (χ1) is 12.7. The molecular formula is C24H37FO. The zero-order valence-corrected chi connectivity index (χ0v) is 16.8. The summed E-state index contributed by atoms with van der Waals surface area (Å²) in [6.07, 6.45) is 18.4. The van der Waals surface area contributed by atoms with E-state index >= 15 is 0 Å². The predicted octanol–water partition coefficient (Wildman–Crippen LogP) is 7.38. The zero-order valence-electron chi connectivity index (χ0n) is 16.8. The summed E-state index contributed by atoms with van der Waals surface area (Å²) >= 11 is 0. The maximum absolute atomic E-state index is 14.0. The van der Waals surface area contributed by atoms with Crippen LogP contribution in [0.4, 0.5) is 4.39 Å². The first-order valence-electron chi connectivity index (χ1n) is 10.8. The van der Waals surface area contributed by atoms with Crippen LogP contribution in [0.5, 0.6) is 0 Å². The number of ether oxygens (including phenoxy) is 1. The van der Waals surface area contributed by atoms with Crippen LogP contribution in [0.2, 0.25) is 0 Å². The smallest absolute Gasteiger partial charge is 0.126 e. The summed E-state index contributed by atoms with van der Waals surface area (Å²) in [6.45, 7) is 4.84. The van der Waals surface area contributed by atoms with Crippen LogP contribution in [-0.2, 0) is 17.8 Å². The summed E-state index contributed by atoms with van der Waals surface area (Å²) in [6, 6.07) is 5.55. The van der Waals surface area contributed by atoms with E-state index < -0.39 is 0 Å². The molecule has 0 spiro atoms. The van der Waals surface area contributed by atoms with Crippen molar-refractivity contribution in [3.8, 4) is 0 Å². The van der Waals surface area contributed by atoms with E-state index in [4.69, 9.17) is 4.74 Å². The van der Waals surface area contributed by atoms with Crippen LogP contribution in [0.25, 0.3) is 0 Å². The molecule has 1 aromatic rings. The molecule has 0 saturated heterocycles. The van der Waals surface area contributed by atoms with E-state index in [-0.39, 0.29) is 11.9 Å². The van der Waals surface area contributed by atoms with E-state index in [9.17, 15) is 4.39 Å². The molecular weight excluding hydrogens is 323 g/mol. The van der Waals surface area contributed by atoms with Gasteiger partial charge < -0.3 is 4.74 Å². The largest absolute Gasteiger partial charge is 0.369 e. The minimum atomic E-state index is -0.0915. The van der Waals surface area contributed by atoms with Crippen molar-refractivity contribution < 1.29 is 9.13 Å². The molecule has 0 aromatic heterocycles. The van der Waals surface area contributed by atoms with Gasteiger partial charge in [-0.1, -0.05) is 83.1 Å². The third kappa shape index (κ3) is 7.61. The number of rotatable bonds is 12. The molecule has 146 valence electrons. The zero-order chi connectivity index (χ0) is 18.6. The van der Waals surface area contributed by atoms with Gasteiger partial charge in [0.05, 0.1) is 12.7 Å². The molecule has 0 aliphatic heterocycles. The van der Waals surface area contributed by atoms with E-state index in [1.165, 1.54) is 51.4 Å². The lowest BCUT2D eigenvalue weighted by atomic mass is 9.89. The summed E-state index contributed by atoms with van der Waals surface area (Å²) in [5.74, 6) is 0.637. The molecule has 1 nitrogen and oxygen atoms in total. The Hall–Kier alpha value is -1.15. The second-order valence-electron chi connectivity index (χ2n) is 7.80. The number of allylic oxidation sites excluding steroid dienone is 1. The van der Waals surface area contributed by atoms with E-state index in [0.717, 1.165) is 36.3 Å². The Kier molecular flexibility index (Phi) is 9.99. The van der Waals surface area contributed by atoms with Gasteiger partial charge >= 0.3 is 0 Å². The topological polar surface area (TPSA) is 9.23 Å². The molecule has 0 saturated carbocycles. The molecule has 26 heavy (non-hydrogen) atoms. The summed E-state index contributed by atoms with van der Waals surface area (Å²) < 4.78 is 20.0. The molecule has 0 radical (unpaired) electrons. The normalized spacial score (nSPS) is 19.8. The first kappa shape index (κ1) is 21.2.